The van der Waals surface area contributed by atoms with Crippen LogP contribution >= 0.6 is 11.6 Å². The van der Waals surface area contributed by atoms with Gasteiger partial charge in [0.05, 0.1) is 34.3 Å². The van der Waals surface area contributed by atoms with Crippen LogP contribution in [0.1, 0.15) is 54.6 Å². The fourth-order valence-electron chi connectivity index (χ4n) is 6.24. The van der Waals surface area contributed by atoms with Gasteiger partial charge in [0.25, 0.3) is 11.8 Å². The summed E-state index contributed by atoms with van der Waals surface area (Å²) in [5.74, 6) is -3.80. The van der Waals surface area contributed by atoms with Crippen LogP contribution in [0.2, 0.25) is 5.02 Å². The van der Waals surface area contributed by atoms with Crippen molar-refractivity contribution in [2.24, 2.45) is 5.92 Å². The van der Waals surface area contributed by atoms with E-state index in [2.05, 4.69) is 5.32 Å². The number of benzene rings is 1. The van der Waals surface area contributed by atoms with E-state index in [4.69, 9.17) is 16.6 Å². The number of aromatic nitrogens is 1. The number of hydrogen-bond acceptors (Lipinski definition) is 6. The van der Waals surface area contributed by atoms with Crippen molar-refractivity contribution >= 4 is 39.3 Å². The molecule has 1 aliphatic carbocycles. The minimum atomic E-state index is -4.26. The molecular weight excluding hydrogens is 595 g/mol. The van der Waals surface area contributed by atoms with Gasteiger partial charge in [0.1, 0.15) is 11.6 Å². The number of likely N-dealkylation sites (tertiary alicyclic amines) is 1. The number of nitrogens with zero attached hydrogens (tertiary/aromatic N) is 4. The molecule has 2 aromatic rings. The molecule has 42 heavy (non-hydrogen) atoms. The molecule has 1 aromatic carbocycles. The number of fused-ring (bicyclic) bond motifs is 2. The Kier molecular flexibility index (Phi) is 7.63. The highest BCUT2D eigenvalue weighted by Gasteiger charge is 2.45. The molecule has 0 radical (unpaired) electrons. The standard InChI is InChI=1S/C28H31ClF3N5O4S/c29-24-10-18(30)4-7-23(24)27(39)35-14-20-5-6-21(15-35)37(20)25-12-22(42(40,41)36-9-8-28(31,32)16-36)11-19(34-25)13-33-26(38)17-2-1-3-17/h4,7,10-12,17,20-21H,1-3,5-6,8-9,13-16H2,(H,33,38). The molecule has 0 spiro atoms. The fourth-order valence-corrected chi connectivity index (χ4v) is 8.02. The summed E-state index contributed by atoms with van der Waals surface area (Å²) in [4.78, 5) is 34.0. The molecule has 1 aromatic heterocycles. The van der Waals surface area contributed by atoms with Gasteiger partial charge in [-0.25, -0.2) is 26.6 Å². The number of carbonyl (C=O) groups is 2. The van der Waals surface area contributed by atoms with Crippen molar-refractivity contribution in [1.82, 2.24) is 19.5 Å². The third-order valence-corrected chi connectivity index (χ3v) is 10.9. The molecule has 3 saturated heterocycles. The Labute approximate surface area is 247 Å². The van der Waals surface area contributed by atoms with Crippen LogP contribution in [0.4, 0.5) is 19.0 Å². The third kappa shape index (κ3) is 5.58. The van der Waals surface area contributed by atoms with Gasteiger partial charge in [-0.05, 0) is 49.9 Å². The SMILES string of the molecule is O=C(NCc1cc(S(=O)(=O)N2CCC(F)(F)C2)cc(N2C3CCC2CN(C(=O)c2ccc(F)cc2Cl)C3)n1)C1CCC1. The number of hydrogen-bond donors (Lipinski definition) is 1. The van der Waals surface area contributed by atoms with Gasteiger partial charge in [0.15, 0.2) is 0 Å². The van der Waals surface area contributed by atoms with Crippen LogP contribution in [-0.4, -0.2) is 78.6 Å². The van der Waals surface area contributed by atoms with E-state index in [-0.39, 0.29) is 58.4 Å². The van der Waals surface area contributed by atoms with Crippen molar-refractivity contribution < 1.29 is 31.2 Å². The summed E-state index contributed by atoms with van der Waals surface area (Å²) in [6, 6.07) is 6.00. The summed E-state index contributed by atoms with van der Waals surface area (Å²) < 4.78 is 69.3. The van der Waals surface area contributed by atoms with Crippen LogP contribution in [-0.2, 0) is 21.4 Å². The molecule has 3 aliphatic heterocycles. The number of amides is 2. The van der Waals surface area contributed by atoms with Crippen molar-refractivity contribution in [3.8, 4) is 0 Å². The topological polar surface area (TPSA) is 103 Å². The van der Waals surface area contributed by atoms with Gasteiger partial charge < -0.3 is 15.1 Å². The van der Waals surface area contributed by atoms with Crippen molar-refractivity contribution in [3.63, 3.8) is 0 Å². The summed E-state index contributed by atoms with van der Waals surface area (Å²) in [6.45, 7) is -0.558. The summed E-state index contributed by atoms with van der Waals surface area (Å²) in [6.07, 6.45) is 3.48. The van der Waals surface area contributed by atoms with Gasteiger partial charge in [0, 0.05) is 50.1 Å². The number of nitrogens with one attached hydrogen (secondary N) is 1. The van der Waals surface area contributed by atoms with E-state index < -0.39 is 34.7 Å². The van der Waals surface area contributed by atoms with Crippen LogP contribution < -0.4 is 10.2 Å². The quantitative estimate of drug-likeness (QED) is 0.502. The number of halogens is 4. The van der Waals surface area contributed by atoms with Crippen LogP contribution in [0, 0.1) is 11.7 Å². The van der Waals surface area contributed by atoms with E-state index in [9.17, 15) is 31.2 Å². The Morgan fingerprint density at radius 3 is 2.38 bits per heavy atom. The van der Waals surface area contributed by atoms with Crippen molar-refractivity contribution in [2.45, 2.75) is 68.0 Å². The Hall–Kier alpha value is -2.90. The number of anilines is 1. The highest BCUT2D eigenvalue weighted by Crippen LogP contribution is 2.37. The predicted molar refractivity (Wildman–Crippen MR) is 148 cm³/mol. The van der Waals surface area contributed by atoms with Gasteiger partial charge in [-0.2, -0.15) is 4.31 Å². The van der Waals surface area contributed by atoms with Gasteiger partial charge in [-0.3, -0.25) is 9.59 Å². The molecule has 14 heteroatoms. The van der Waals surface area contributed by atoms with Crippen LogP contribution in [0.25, 0.3) is 0 Å². The Morgan fingerprint density at radius 2 is 1.79 bits per heavy atom. The molecule has 226 valence electrons. The maximum absolute atomic E-state index is 14.0. The van der Waals surface area contributed by atoms with Gasteiger partial charge in [0.2, 0.25) is 15.9 Å². The van der Waals surface area contributed by atoms with E-state index in [0.717, 1.165) is 42.5 Å². The normalized spacial score (nSPS) is 24.1. The highest BCUT2D eigenvalue weighted by molar-refractivity contribution is 7.89. The van der Waals surface area contributed by atoms with Crippen LogP contribution in [0.5, 0.6) is 0 Å². The van der Waals surface area contributed by atoms with E-state index in [0.29, 0.717) is 24.6 Å². The lowest BCUT2D eigenvalue weighted by molar-refractivity contribution is -0.127. The Balaban J connectivity index is 1.28. The molecule has 4 fully saturated rings. The molecule has 1 saturated carbocycles. The van der Waals surface area contributed by atoms with Gasteiger partial charge >= 0.3 is 0 Å². The molecule has 4 heterocycles. The number of rotatable bonds is 7. The van der Waals surface area contributed by atoms with E-state index >= 15 is 0 Å². The largest absolute Gasteiger partial charge is 0.350 e. The number of sulfonamides is 1. The maximum atomic E-state index is 14.0. The average Bonchev–Trinajstić information content (AvgIpc) is 3.41. The van der Waals surface area contributed by atoms with Crippen molar-refractivity contribution in [1.29, 1.82) is 0 Å². The Bertz CT molecular complexity index is 1510. The van der Waals surface area contributed by atoms with E-state index in [1.54, 1.807) is 4.90 Å². The molecule has 6 rings (SSSR count). The number of piperazine rings is 1. The van der Waals surface area contributed by atoms with Gasteiger partial charge in [-0.15, -0.1) is 0 Å². The molecular formula is C28H31ClF3N5O4S. The second-order valence-corrected chi connectivity index (χ2v) is 13.9. The highest BCUT2D eigenvalue weighted by atomic mass is 35.5. The van der Waals surface area contributed by atoms with E-state index in [1.165, 1.54) is 24.3 Å². The minimum absolute atomic E-state index is 0.00129. The lowest BCUT2D eigenvalue weighted by Gasteiger charge is -2.42. The summed E-state index contributed by atoms with van der Waals surface area (Å²) in [5.41, 5.74) is 0.504. The summed E-state index contributed by atoms with van der Waals surface area (Å²) >= 11 is 6.14. The second kappa shape index (κ2) is 11.0. The monoisotopic (exact) mass is 625 g/mol. The molecule has 4 aliphatic rings. The predicted octanol–water partition coefficient (Wildman–Crippen LogP) is 3.81. The zero-order chi connectivity index (χ0) is 29.8. The summed E-state index contributed by atoms with van der Waals surface area (Å²) in [7, 11) is -4.26. The minimum Gasteiger partial charge on any atom is -0.350 e. The molecule has 2 amide bonds. The fraction of sp³-hybridized carbons (Fsp3) is 0.536. The number of carbonyl (C=O) groups excluding carboxylic acids is 2. The molecule has 2 bridgehead atoms. The molecule has 1 N–H and O–H groups in total. The first-order chi connectivity index (χ1) is 19.9. The van der Waals surface area contributed by atoms with Crippen molar-refractivity contribution in [3.05, 3.63) is 52.4 Å². The van der Waals surface area contributed by atoms with Gasteiger partial charge in [-0.1, -0.05) is 18.0 Å². The average molecular weight is 626 g/mol. The van der Waals surface area contributed by atoms with E-state index in [1.807, 2.05) is 4.90 Å². The molecule has 2 unspecified atom stereocenters. The number of pyridine rings is 1. The van der Waals surface area contributed by atoms with Crippen molar-refractivity contribution in [2.75, 3.05) is 31.1 Å². The third-order valence-electron chi connectivity index (χ3n) is 8.73. The zero-order valence-corrected chi connectivity index (χ0v) is 24.3. The maximum Gasteiger partial charge on any atom is 0.262 e. The first-order valence-corrected chi connectivity index (χ1v) is 15.9. The van der Waals surface area contributed by atoms with Crippen LogP contribution in [0.3, 0.4) is 0 Å². The zero-order valence-electron chi connectivity index (χ0n) is 22.7. The second-order valence-electron chi connectivity index (χ2n) is 11.6. The first kappa shape index (κ1) is 29.2. The lowest BCUT2D eigenvalue weighted by atomic mass is 9.85. The first-order valence-electron chi connectivity index (χ1n) is 14.1. The summed E-state index contributed by atoms with van der Waals surface area (Å²) in [5, 5.41) is 2.86. The Morgan fingerprint density at radius 1 is 1.07 bits per heavy atom. The lowest BCUT2D eigenvalue weighted by Crippen LogP contribution is -2.55. The van der Waals surface area contributed by atoms with Crippen LogP contribution in [0.15, 0.2) is 35.2 Å². The number of alkyl halides is 2. The molecule has 2 atom stereocenters. The smallest absolute Gasteiger partial charge is 0.262 e. The molecule has 9 nitrogen and oxygen atoms in total.